The molecule has 0 spiro atoms. The third kappa shape index (κ3) is 6.38. The fourth-order valence-electron chi connectivity index (χ4n) is 3.65. The van der Waals surface area contributed by atoms with E-state index in [1.54, 1.807) is 11.1 Å². The third-order valence-corrected chi connectivity index (χ3v) is 5.23. The molecule has 1 unspecified atom stereocenters. The Morgan fingerprint density at radius 2 is 2.05 bits per heavy atom. The van der Waals surface area contributed by atoms with Crippen molar-refractivity contribution in [2.45, 2.75) is 86.0 Å². The maximum Gasteiger partial charge on any atom is 0.0468 e. The molecule has 0 aromatic carbocycles. The molecule has 1 heteroatoms. The van der Waals surface area contributed by atoms with Crippen LogP contribution in [0.5, 0.6) is 0 Å². The Morgan fingerprint density at radius 3 is 2.67 bits per heavy atom. The monoisotopic (exact) mass is 292 g/mol. The molecule has 0 amide bonds. The normalized spacial score (nSPS) is 20.8. The zero-order chi connectivity index (χ0) is 15.9. The van der Waals surface area contributed by atoms with Gasteiger partial charge in [0, 0.05) is 6.61 Å². The second-order valence-corrected chi connectivity index (χ2v) is 7.74. The minimum atomic E-state index is 0.278. The van der Waals surface area contributed by atoms with E-state index in [9.17, 15) is 0 Å². The predicted molar refractivity (Wildman–Crippen MR) is 93.4 cm³/mol. The van der Waals surface area contributed by atoms with Gasteiger partial charge < -0.3 is 5.11 Å². The Balaban J connectivity index is 2.39. The van der Waals surface area contributed by atoms with Crippen LogP contribution >= 0.6 is 0 Å². The average Bonchev–Trinajstić information content (AvgIpc) is 2.37. The molecule has 0 heterocycles. The van der Waals surface area contributed by atoms with Crippen LogP contribution in [0.2, 0.25) is 0 Å². The van der Waals surface area contributed by atoms with E-state index in [0.717, 1.165) is 18.8 Å². The standard InChI is InChI=1S/C20H36O/c1-16(8-6-9-17(2)13-15-21)11-12-19-18(3)10-7-14-20(19,4)5/h9,16,21H,6-8,10-15H2,1-5H3/b17-9+. The first-order valence-corrected chi connectivity index (χ1v) is 8.82. The molecule has 1 aliphatic rings. The van der Waals surface area contributed by atoms with E-state index in [1.165, 1.54) is 44.1 Å². The molecule has 1 N–H and O–H groups in total. The van der Waals surface area contributed by atoms with E-state index in [-0.39, 0.29) is 6.61 Å². The molecule has 0 aromatic heterocycles. The smallest absolute Gasteiger partial charge is 0.0468 e. The Morgan fingerprint density at radius 1 is 1.33 bits per heavy atom. The number of aliphatic hydroxyl groups excluding tert-OH is 1. The van der Waals surface area contributed by atoms with Crippen LogP contribution in [0, 0.1) is 11.3 Å². The Hall–Kier alpha value is -0.560. The van der Waals surface area contributed by atoms with Crippen molar-refractivity contribution in [1.29, 1.82) is 0 Å². The molecule has 0 fully saturated rings. The summed E-state index contributed by atoms with van der Waals surface area (Å²) in [5.74, 6) is 0.793. The fourth-order valence-corrected chi connectivity index (χ4v) is 3.65. The highest BCUT2D eigenvalue weighted by Crippen LogP contribution is 2.42. The van der Waals surface area contributed by atoms with Crippen molar-refractivity contribution in [3.8, 4) is 0 Å². The van der Waals surface area contributed by atoms with Crippen LogP contribution in [0.1, 0.15) is 86.0 Å². The van der Waals surface area contributed by atoms with Crippen molar-refractivity contribution < 1.29 is 5.11 Å². The van der Waals surface area contributed by atoms with Crippen LogP contribution in [-0.4, -0.2) is 11.7 Å². The molecule has 1 aliphatic carbocycles. The third-order valence-electron chi connectivity index (χ3n) is 5.23. The van der Waals surface area contributed by atoms with Gasteiger partial charge in [-0.3, -0.25) is 0 Å². The summed E-state index contributed by atoms with van der Waals surface area (Å²) in [4.78, 5) is 0. The van der Waals surface area contributed by atoms with Gasteiger partial charge in [-0.25, -0.2) is 0 Å². The second-order valence-electron chi connectivity index (χ2n) is 7.74. The van der Waals surface area contributed by atoms with Gasteiger partial charge >= 0.3 is 0 Å². The summed E-state index contributed by atoms with van der Waals surface area (Å²) in [7, 11) is 0. The van der Waals surface area contributed by atoms with Gasteiger partial charge in [0.25, 0.3) is 0 Å². The van der Waals surface area contributed by atoms with Crippen LogP contribution in [0.4, 0.5) is 0 Å². The lowest BCUT2D eigenvalue weighted by molar-refractivity contribution is 0.299. The summed E-state index contributed by atoms with van der Waals surface area (Å²) in [6.45, 7) is 12.0. The zero-order valence-corrected chi connectivity index (χ0v) is 15.0. The molecule has 0 aromatic rings. The quantitative estimate of drug-likeness (QED) is 0.541. The SMILES string of the molecule is CC1=C(CCC(C)CC/C=C(\C)CCO)C(C)(C)CCC1. The number of hydrogen-bond acceptors (Lipinski definition) is 1. The van der Waals surface area contributed by atoms with E-state index in [2.05, 4.69) is 40.7 Å². The molecule has 122 valence electrons. The molecule has 0 radical (unpaired) electrons. The molecule has 1 atom stereocenters. The lowest BCUT2D eigenvalue weighted by Gasteiger charge is -2.35. The largest absolute Gasteiger partial charge is 0.396 e. The first-order chi connectivity index (χ1) is 9.86. The van der Waals surface area contributed by atoms with Crippen molar-refractivity contribution in [2.24, 2.45) is 11.3 Å². The average molecular weight is 293 g/mol. The maximum absolute atomic E-state index is 8.90. The zero-order valence-electron chi connectivity index (χ0n) is 15.0. The molecule has 0 aliphatic heterocycles. The van der Waals surface area contributed by atoms with Crippen LogP contribution in [0.15, 0.2) is 22.8 Å². The van der Waals surface area contributed by atoms with Crippen LogP contribution < -0.4 is 0 Å². The Kier molecular flexibility index (Phi) is 7.73. The van der Waals surface area contributed by atoms with E-state index in [4.69, 9.17) is 5.11 Å². The summed E-state index contributed by atoms with van der Waals surface area (Å²) in [6, 6.07) is 0. The van der Waals surface area contributed by atoms with E-state index < -0.39 is 0 Å². The van der Waals surface area contributed by atoms with Gasteiger partial charge in [0.1, 0.15) is 0 Å². The maximum atomic E-state index is 8.90. The predicted octanol–water partition coefficient (Wildman–Crippen LogP) is 6.04. The van der Waals surface area contributed by atoms with Gasteiger partial charge in [-0.15, -0.1) is 0 Å². The van der Waals surface area contributed by atoms with E-state index >= 15 is 0 Å². The summed E-state index contributed by atoms with van der Waals surface area (Å²) < 4.78 is 0. The highest BCUT2D eigenvalue weighted by Gasteiger charge is 2.27. The second kappa shape index (κ2) is 8.78. The van der Waals surface area contributed by atoms with Crippen LogP contribution in [0.3, 0.4) is 0 Å². The summed E-state index contributed by atoms with van der Waals surface area (Å²) in [6.07, 6.45) is 12.2. The Labute approximate surface area is 132 Å². The molecule has 0 bridgehead atoms. The molecule has 0 saturated carbocycles. The molecule has 21 heavy (non-hydrogen) atoms. The molecular weight excluding hydrogens is 256 g/mol. The lowest BCUT2D eigenvalue weighted by Crippen LogP contribution is -2.20. The van der Waals surface area contributed by atoms with Crippen molar-refractivity contribution in [1.82, 2.24) is 0 Å². The first kappa shape index (κ1) is 18.5. The molecule has 1 nitrogen and oxygen atoms in total. The van der Waals surface area contributed by atoms with Gasteiger partial charge in [0.05, 0.1) is 0 Å². The molecule has 0 saturated heterocycles. The minimum Gasteiger partial charge on any atom is -0.396 e. The number of aliphatic hydroxyl groups is 1. The van der Waals surface area contributed by atoms with Crippen molar-refractivity contribution in [2.75, 3.05) is 6.61 Å². The topological polar surface area (TPSA) is 20.2 Å². The summed E-state index contributed by atoms with van der Waals surface area (Å²) in [5.41, 5.74) is 5.17. The van der Waals surface area contributed by atoms with Gasteiger partial charge in [-0.05, 0) is 76.5 Å². The molecule has 1 rings (SSSR count). The summed E-state index contributed by atoms with van der Waals surface area (Å²) >= 11 is 0. The van der Waals surface area contributed by atoms with Crippen LogP contribution in [0.25, 0.3) is 0 Å². The van der Waals surface area contributed by atoms with Crippen molar-refractivity contribution in [3.05, 3.63) is 22.8 Å². The lowest BCUT2D eigenvalue weighted by atomic mass is 9.70. The van der Waals surface area contributed by atoms with Gasteiger partial charge in [-0.1, -0.05) is 43.6 Å². The van der Waals surface area contributed by atoms with Crippen molar-refractivity contribution >= 4 is 0 Å². The fraction of sp³-hybridized carbons (Fsp3) is 0.800. The van der Waals surface area contributed by atoms with E-state index in [1.807, 2.05) is 0 Å². The number of rotatable bonds is 8. The number of hydrogen-bond donors (Lipinski definition) is 1. The summed E-state index contributed by atoms with van der Waals surface area (Å²) in [5, 5.41) is 8.90. The van der Waals surface area contributed by atoms with Gasteiger partial charge in [0.15, 0.2) is 0 Å². The highest BCUT2D eigenvalue weighted by atomic mass is 16.2. The van der Waals surface area contributed by atoms with Gasteiger partial charge in [-0.2, -0.15) is 0 Å². The Bertz CT molecular complexity index is 373. The number of allylic oxidation sites excluding steroid dienone is 3. The van der Waals surface area contributed by atoms with E-state index in [0.29, 0.717) is 5.41 Å². The minimum absolute atomic E-state index is 0.278. The highest BCUT2D eigenvalue weighted by molar-refractivity contribution is 5.22. The van der Waals surface area contributed by atoms with Crippen LogP contribution in [-0.2, 0) is 0 Å². The molecular formula is C20H36O. The van der Waals surface area contributed by atoms with Crippen molar-refractivity contribution in [3.63, 3.8) is 0 Å². The first-order valence-electron chi connectivity index (χ1n) is 8.82. The van der Waals surface area contributed by atoms with Gasteiger partial charge in [0.2, 0.25) is 0 Å².